The Labute approximate surface area is 108 Å². The predicted molar refractivity (Wildman–Crippen MR) is 74.0 cm³/mol. The number of anilines is 1. The molecule has 0 spiro atoms. The van der Waals surface area contributed by atoms with E-state index < -0.39 is 0 Å². The van der Waals surface area contributed by atoms with Crippen LogP contribution in [0.3, 0.4) is 0 Å². The third-order valence-electron chi connectivity index (χ3n) is 3.75. The molecule has 1 fully saturated rings. The Kier molecular flexibility index (Phi) is 2.80. The fraction of sp³-hybridized carbons (Fsp3) is 0.250. The summed E-state index contributed by atoms with van der Waals surface area (Å²) in [5.41, 5.74) is 3.86. The molecule has 18 heavy (non-hydrogen) atoms. The zero-order valence-corrected chi connectivity index (χ0v) is 10.5. The number of ether oxygens (including phenoxy) is 1. The summed E-state index contributed by atoms with van der Waals surface area (Å²) in [6.45, 7) is 1.55. The molecule has 2 aromatic carbocycles. The van der Waals surface area contributed by atoms with Crippen molar-refractivity contribution >= 4 is 5.69 Å². The van der Waals surface area contributed by atoms with Gasteiger partial charge in [0.1, 0.15) is 0 Å². The Balaban J connectivity index is 2.01. The highest BCUT2D eigenvalue weighted by Gasteiger charge is 2.41. The van der Waals surface area contributed by atoms with Crippen LogP contribution in [0.1, 0.15) is 11.1 Å². The number of hydrogen-bond acceptors (Lipinski definition) is 2. The van der Waals surface area contributed by atoms with Crippen molar-refractivity contribution in [3.8, 4) is 0 Å². The molecule has 1 heterocycles. The van der Waals surface area contributed by atoms with E-state index in [2.05, 4.69) is 59.9 Å². The number of hydrogen-bond donors (Lipinski definition) is 1. The summed E-state index contributed by atoms with van der Waals surface area (Å²) in [4.78, 5) is 0. The molecule has 0 aromatic heterocycles. The largest absolute Gasteiger partial charge is 0.388 e. The van der Waals surface area contributed by atoms with Crippen molar-refractivity contribution in [3.05, 3.63) is 65.7 Å². The van der Waals surface area contributed by atoms with Gasteiger partial charge in [-0.15, -0.1) is 0 Å². The van der Waals surface area contributed by atoms with Crippen molar-refractivity contribution in [2.75, 3.05) is 25.6 Å². The van der Waals surface area contributed by atoms with Crippen LogP contribution in [0.25, 0.3) is 0 Å². The first kappa shape index (κ1) is 11.3. The molecule has 92 valence electrons. The van der Waals surface area contributed by atoms with Crippen molar-refractivity contribution in [2.45, 2.75) is 5.41 Å². The molecule has 1 aliphatic heterocycles. The normalized spacial score (nSPS) is 16.9. The van der Waals surface area contributed by atoms with Crippen LogP contribution in [-0.2, 0) is 10.2 Å². The molecule has 2 aromatic rings. The Morgan fingerprint density at radius 1 is 0.889 bits per heavy atom. The van der Waals surface area contributed by atoms with Crippen molar-refractivity contribution < 1.29 is 4.74 Å². The van der Waals surface area contributed by atoms with Gasteiger partial charge in [-0.2, -0.15) is 0 Å². The number of rotatable bonds is 3. The van der Waals surface area contributed by atoms with Gasteiger partial charge in [0.05, 0.1) is 18.6 Å². The molecule has 0 amide bonds. The van der Waals surface area contributed by atoms with E-state index in [1.807, 2.05) is 7.05 Å². The molecule has 1 aliphatic rings. The molecule has 0 bridgehead atoms. The third-order valence-corrected chi connectivity index (χ3v) is 3.75. The monoisotopic (exact) mass is 239 g/mol. The first-order valence-electron chi connectivity index (χ1n) is 6.27. The SMILES string of the molecule is CNc1ccc(C2(c3ccccc3)COC2)cc1. The van der Waals surface area contributed by atoms with Gasteiger partial charge in [-0.05, 0) is 23.3 Å². The Hall–Kier alpha value is -1.80. The van der Waals surface area contributed by atoms with Gasteiger partial charge in [0.15, 0.2) is 0 Å². The highest BCUT2D eigenvalue weighted by Crippen LogP contribution is 2.39. The van der Waals surface area contributed by atoms with Crippen LogP contribution in [0.4, 0.5) is 5.69 Å². The quantitative estimate of drug-likeness (QED) is 0.889. The Morgan fingerprint density at radius 2 is 1.50 bits per heavy atom. The van der Waals surface area contributed by atoms with Crippen LogP contribution >= 0.6 is 0 Å². The van der Waals surface area contributed by atoms with Crippen LogP contribution in [0.15, 0.2) is 54.6 Å². The van der Waals surface area contributed by atoms with Crippen LogP contribution < -0.4 is 5.32 Å². The first-order chi connectivity index (χ1) is 8.85. The summed E-state index contributed by atoms with van der Waals surface area (Å²) in [5, 5.41) is 3.15. The van der Waals surface area contributed by atoms with Gasteiger partial charge < -0.3 is 10.1 Å². The molecule has 0 unspecified atom stereocenters. The maximum atomic E-state index is 5.49. The van der Waals surface area contributed by atoms with Gasteiger partial charge in [0.25, 0.3) is 0 Å². The summed E-state index contributed by atoms with van der Waals surface area (Å²) in [5.74, 6) is 0. The lowest BCUT2D eigenvalue weighted by Crippen LogP contribution is -2.47. The smallest absolute Gasteiger partial charge is 0.0669 e. The van der Waals surface area contributed by atoms with Gasteiger partial charge in [-0.3, -0.25) is 0 Å². The second-order valence-electron chi connectivity index (χ2n) is 4.77. The average Bonchev–Trinajstić information content (AvgIpc) is 2.40. The van der Waals surface area contributed by atoms with E-state index in [0.29, 0.717) is 0 Å². The summed E-state index contributed by atoms with van der Waals surface area (Å²) >= 11 is 0. The molecule has 0 radical (unpaired) electrons. The van der Waals surface area contributed by atoms with Crippen molar-refractivity contribution in [1.82, 2.24) is 0 Å². The molecular weight excluding hydrogens is 222 g/mol. The van der Waals surface area contributed by atoms with E-state index in [-0.39, 0.29) is 5.41 Å². The second kappa shape index (κ2) is 4.46. The van der Waals surface area contributed by atoms with Crippen LogP contribution in [0.5, 0.6) is 0 Å². The molecular formula is C16H17NO. The first-order valence-corrected chi connectivity index (χ1v) is 6.27. The molecule has 2 nitrogen and oxygen atoms in total. The summed E-state index contributed by atoms with van der Waals surface area (Å²) in [6.07, 6.45) is 0. The standard InChI is InChI=1S/C16H17NO/c1-17-15-9-7-14(8-10-15)16(11-18-12-16)13-5-3-2-4-6-13/h2-10,17H,11-12H2,1H3. The molecule has 3 rings (SSSR count). The highest BCUT2D eigenvalue weighted by atomic mass is 16.5. The summed E-state index contributed by atoms with van der Waals surface area (Å²) < 4.78 is 5.49. The van der Waals surface area contributed by atoms with Gasteiger partial charge in [-0.25, -0.2) is 0 Å². The molecule has 0 aliphatic carbocycles. The van der Waals surface area contributed by atoms with Crippen molar-refractivity contribution in [3.63, 3.8) is 0 Å². The minimum absolute atomic E-state index is 0.0491. The van der Waals surface area contributed by atoms with Crippen molar-refractivity contribution in [2.24, 2.45) is 0 Å². The van der Waals surface area contributed by atoms with Crippen LogP contribution in [0, 0.1) is 0 Å². The van der Waals surface area contributed by atoms with Gasteiger partial charge in [0, 0.05) is 12.7 Å². The zero-order chi connectivity index (χ0) is 12.4. The van der Waals surface area contributed by atoms with E-state index in [0.717, 1.165) is 18.9 Å². The maximum Gasteiger partial charge on any atom is 0.0669 e. The van der Waals surface area contributed by atoms with E-state index in [4.69, 9.17) is 4.74 Å². The minimum Gasteiger partial charge on any atom is -0.388 e. The number of nitrogens with one attached hydrogen (secondary N) is 1. The lowest BCUT2D eigenvalue weighted by molar-refractivity contribution is -0.0379. The van der Waals surface area contributed by atoms with E-state index in [9.17, 15) is 0 Å². The second-order valence-corrected chi connectivity index (χ2v) is 4.77. The van der Waals surface area contributed by atoms with E-state index in [1.54, 1.807) is 0 Å². The molecule has 1 N–H and O–H groups in total. The predicted octanol–water partition coefficient (Wildman–Crippen LogP) is 3.04. The van der Waals surface area contributed by atoms with E-state index >= 15 is 0 Å². The van der Waals surface area contributed by atoms with Crippen LogP contribution in [0.2, 0.25) is 0 Å². The maximum absolute atomic E-state index is 5.49. The molecule has 1 saturated heterocycles. The molecule has 0 saturated carbocycles. The Morgan fingerprint density at radius 3 is 2.00 bits per heavy atom. The fourth-order valence-electron chi connectivity index (χ4n) is 2.52. The molecule has 0 atom stereocenters. The average molecular weight is 239 g/mol. The fourth-order valence-corrected chi connectivity index (χ4v) is 2.52. The molecule has 2 heteroatoms. The summed E-state index contributed by atoms with van der Waals surface area (Å²) in [6, 6.07) is 19.3. The van der Waals surface area contributed by atoms with Crippen LogP contribution in [-0.4, -0.2) is 20.3 Å². The van der Waals surface area contributed by atoms with Crippen molar-refractivity contribution in [1.29, 1.82) is 0 Å². The lowest BCUT2D eigenvalue weighted by Gasteiger charge is -2.42. The summed E-state index contributed by atoms with van der Waals surface area (Å²) in [7, 11) is 1.94. The number of benzene rings is 2. The lowest BCUT2D eigenvalue weighted by atomic mass is 9.73. The van der Waals surface area contributed by atoms with Gasteiger partial charge in [0.2, 0.25) is 0 Å². The topological polar surface area (TPSA) is 21.3 Å². The van der Waals surface area contributed by atoms with E-state index in [1.165, 1.54) is 11.1 Å². The Bertz CT molecular complexity index is 515. The minimum atomic E-state index is 0.0491. The highest BCUT2D eigenvalue weighted by molar-refractivity contribution is 5.49. The zero-order valence-electron chi connectivity index (χ0n) is 10.5. The third kappa shape index (κ3) is 1.70. The van der Waals surface area contributed by atoms with Gasteiger partial charge in [-0.1, -0.05) is 42.5 Å². The van der Waals surface area contributed by atoms with Gasteiger partial charge >= 0.3 is 0 Å².